The van der Waals surface area contributed by atoms with E-state index in [2.05, 4.69) is 15.3 Å². The number of carbonyl (C=O) groups is 1. The lowest BCUT2D eigenvalue weighted by atomic mass is 10.2. The fourth-order valence-corrected chi connectivity index (χ4v) is 3.36. The van der Waals surface area contributed by atoms with Gasteiger partial charge < -0.3 is 9.73 Å². The van der Waals surface area contributed by atoms with E-state index < -0.39 is 5.76 Å². The van der Waals surface area contributed by atoms with Gasteiger partial charge in [0.05, 0.1) is 21.1 Å². The van der Waals surface area contributed by atoms with Crippen LogP contribution in [0.25, 0.3) is 17.2 Å². The minimum Gasteiger partial charge on any atom is -0.408 e. The maximum Gasteiger partial charge on any atom is 0.417 e. The van der Waals surface area contributed by atoms with Gasteiger partial charge in [0.2, 0.25) is 0 Å². The van der Waals surface area contributed by atoms with Crippen molar-refractivity contribution in [3.8, 4) is 0 Å². The summed E-state index contributed by atoms with van der Waals surface area (Å²) in [5, 5.41) is 3.68. The topological polar surface area (TPSA) is 87.5 Å². The number of oxazole rings is 1. The SMILES string of the molecule is O=C1NC(=Nc2ccccc2Cl)SC1=Cc1ccc2oc(=O)[nH]c2c1. The molecule has 124 valence electrons. The van der Waals surface area contributed by atoms with E-state index in [0.717, 1.165) is 5.56 Å². The van der Waals surface area contributed by atoms with Crippen LogP contribution in [-0.2, 0) is 4.79 Å². The van der Waals surface area contributed by atoms with Gasteiger partial charge in [-0.05, 0) is 47.7 Å². The van der Waals surface area contributed by atoms with Gasteiger partial charge in [-0.25, -0.2) is 9.79 Å². The Morgan fingerprint density at radius 2 is 2.00 bits per heavy atom. The Morgan fingerprint density at radius 1 is 1.16 bits per heavy atom. The molecule has 0 aliphatic carbocycles. The quantitative estimate of drug-likeness (QED) is 0.673. The first-order chi connectivity index (χ1) is 12.1. The Labute approximate surface area is 150 Å². The molecule has 1 saturated heterocycles. The standard InChI is InChI=1S/C17H10ClN3O3S/c18-10-3-1-2-4-11(10)19-16-21-15(22)14(25-16)8-9-5-6-13-12(7-9)20-17(23)24-13/h1-8H,(H,20,23)(H,19,21,22). The number of hydrogen-bond acceptors (Lipinski definition) is 5. The third kappa shape index (κ3) is 3.24. The summed E-state index contributed by atoms with van der Waals surface area (Å²) in [6.45, 7) is 0. The molecule has 8 heteroatoms. The zero-order valence-corrected chi connectivity index (χ0v) is 14.1. The fraction of sp³-hybridized carbons (Fsp3) is 0. The second-order valence-corrected chi connectivity index (χ2v) is 6.64. The van der Waals surface area contributed by atoms with E-state index in [1.54, 1.807) is 36.4 Å². The van der Waals surface area contributed by atoms with Crippen LogP contribution in [0.2, 0.25) is 5.02 Å². The van der Waals surface area contributed by atoms with E-state index in [9.17, 15) is 9.59 Å². The number of fused-ring (bicyclic) bond motifs is 1. The Balaban J connectivity index is 1.64. The second kappa shape index (κ2) is 6.27. The van der Waals surface area contributed by atoms with E-state index in [0.29, 0.717) is 31.9 Å². The van der Waals surface area contributed by atoms with Crippen molar-refractivity contribution in [2.75, 3.05) is 0 Å². The van der Waals surface area contributed by atoms with Crippen LogP contribution in [-0.4, -0.2) is 16.1 Å². The Morgan fingerprint density at radius 3 is 2.84 bits per heavy atom. The molecule has 1 fully saturated rings. The summed E-state index contributed by atoms with van der Waals surface area (Å²) in [7, 11) is 0. The number of aliphatic imine (C=N–C) groups is 1. The number of carbonyl (C=O) groups excluding carboxylic acids is 1. The lowest BCUT2D eigenvalue weighted by Gasteiger charge is -1.98. The molecule has 2 N–H and O–H groups in total. The summed E-state index contributed by atoms with van der Waals surface area (Å²) in [6, 6.07) is 12.3. The smallest absolute Gasteiger partial charge is 0.408 e. The average molecular weight is 372 g/mol. The van der Waals surface area contributed by atoms with Crippen LogP contribution in [0.4, 0.5) is 5.69 Å². The van der Waals surface area contributed by atoms with Crippen molar-refractivity contribution in [2.45, 2.75) is 0 Å². The minimum absolute atomic E-state index is 0.239. The average Bonchev–Trinajstić information content (AvgIpc) is 3.11. The molecule has 2 aromatic carbocycles. The molecule has 1 aliphatic rings. The van der Waals surface area contributed by atoms with Gasteiger partial charge in [0.1, 0.15) is 0 Å². The van der Waals surface area contributed by atoms with E-state index in [1.165, 1.54) is 11.8 Å². The summed E-state index contributed by atoms with van der Waals surface area (Å²) in [5.41, 5.74) is 2.40. The van der Waals surface area contributed by atoms with Crippen LogP contribution in [0.3, 0.4) is 0 Å². The highest BCUT2D eigenvalue weighted by molar-refractivity contribution is 8.18. The summed E-state index contributed by atoms with van der Waals surface area (Å²) in [5.74, 6) is -0.751. The molecule has 0 saturated carbocycles. The lowest BCUT2D eigenvalue weighted by molar-refractivity contribution is -0.115. The summed E-state index contributed by atoms with van der Waals surface area (Å²) >= 11 is 7.31. The Kier molecular flexibility index (Phi) is 3.95. The molecule has 0 bridgehead atoms. The molecule has 1 aliphatic heterocycles. The van der Waals surface area contributed by atoms with E-state index in [1.807, 2.05) is 12.1 Å². The summed E-state index contributed by atoms with van der Waals surface area (Å²) in [4.78, 5) is 30.8. The number of benzene rings is 2. The maximum absolute atomic E-state index is 12.1. The highest BCUT2D eigenvalue weighted by atomic mass is 35.5. The van der Waals surface area contributed by atoms with Gasteiger partial charge >= 0.3 is 5.76 Å². The van der Waals surface area contributed by atoms with E-state index in [-0.39, 0.29) is 5.91 Å². The van der Waals surface area contributed by atoms with Gasteiger partial charge in [-0.2, -0.15) is 0 Å². The first kappa shape index (κ1) is 15.7. The number of para-hydroxylation sites is 1. The fourth-order valence-electron chi connectivity index (χ4n) is 2.34. The van der Waals surface area contributed by atoms with Crippen LogP contribution in [0.1, 0.15) is 5.56 Å². The molecule has 6 nitrogen and oxygen atoms in total. The molecular formula is C17H10ClN3O3S. The molecule has 0 spiro atoms. The number of rotatable bonds is 2. The van der Waals surface area contributed by atoms with Crippen molar-refractivity contribution in [1.82, 2.24) is 10.3 Å². The molecule has 0 radical (unpaired) electrons. The van der Waals surface area contributed by atoms with Crippen molar-refractivity contribution in [3.05, 3.63) is 68.5 Å². The van der Waals surface area contributed by atoms with Gasteiger partial charge in [0, 0.05) is 0 Å². The zero-order chi connectivity index (χ0) is 17.4. The largest absolute Gasteiger partial charge is 0.417 e. The Bertz CT molecular complexity index is 1110. The van der Waals surface area contributed by atoms with Crippen molar-refractivity contribution in [1.29, 1.82) is 0 Å². The predicted molar refractivity (Wildman–Crippen MR) is 99.1 cm³/mol. The summed E-state index contributed by atoms with van der Waals surface area (Å²) in [6.07, 6.45) is 1.72. The normalized spacial score (nSPS) is 17.6. The van der Waals surface area contributed by atoms with Crippen LogP contribution in [0.15, 0.2) is 61.6 Å². The first-order valence-electron chi connectivity index (χ1n) is 7.25. The minimum atomic E-state index is -0.512. The number of hydrogen-bond donors (Lipinski definition) is 2. The van der Waals surface area contributed by atoms with E-state index in [4.69, 9.17) is 16.0 Å². The molecule has 1 amide bonds. The van der Waals surface area contributed by atoms with Crippen molar-refractivity contribution < 1.29 is 9.21 Å². The number of amidine groups is 1. The molecule has 0 atom stereocenters. The molecule has 2 heterocycles. The predicted octanol–water partition coefficient (Wildman–Crippen LogP) is 3.67. The lowest BCUT2D eigenvalue weighted by Crippen LogP contribution is -2.19. The van der Waals surface area contributed by atoms with Gasteiger partial charge in [-0.3, -0.25) is 9.78 Å². The third-order valence-corrected chi connectivity index (χ3v) is 4.70. The van der Waals surface area contributed by atoms with E-state index >= 15 is 0 Å². The van der Waals surface area contributed by atoms with Crippen LogP contribution in [0.5, 0.6) is 0 Å². The number of aromatic amines is 1. The van der Waals surface area contributed by atoms with Crippen LogP contribution >= 0.6 is 23.4 Å². The monoisotopic (exact) mass is 371 g/mol. The number of nitrogens with one attached hydrogen (secondary N) is 2. The first-order valence-corrected chi connectivity index (χ1v) is 8.45. The number of H-pyrrole nitrogens is 1. The third-order valence-electron chi connectivity index (χ3n) is 3.47. The molecule has 25 heavy (non-hydrogen) atoms. The molecular weight excluding hydrogens is 362 g/mol. The van der Waals surface area contributed by atoms with Gasteiger partial charge in [-0.15, -0.1) is 0 Å². The molecule has 0 unspecified atom stereocenters. The van der Waals surface area contributed by atoms with Gasteiger partial charge in [-0.1, -0.05) is 29.8 Å². The second-order valence-electron chi connectivity index (χ2n) is 5.20. The van der Waals surface area contributed by atoms with Gasteiger partial charge in [0.15, 0.2) is 10.8 Å². The maximum atomic E-state index is 12.1. The number of thioether (sulfide) groups is 1. The van der Waals surface area contributed by atoms with Crippen molar-refractivity contribution in [3.63, 3.8) is 0 Å². The number of halogens is 1. The van der Waals surface area contributed by atoms with Crippen LogP contribution in [0, 0.1) is 0 Å². The van der Waals surface area contributed by atoms with Crippen LogP contribution < -0.4 is 11.1 Å². The van der Waals surface area contributed by atoms with Gasteiger partial charge in [0.25, 0.3) is 5.91 Å². The summed E-state index contributed by atoms with van der Waals surface area (Å²) < 4.78 is 4.96. The van der Waals surface area contributed by atoms with Crippen molar-refractivity contribution in [2.24, 2.45) is 4.99 Å². The highest BCUT2D eigenvalue weighted by Crippen LogP contribution is 2.31. The molecule has 4 rings (SSSR count). The Hall–Kier alpha value is -2.77. The number of amides is 1. The highest BCUT2D eigenvalue weighted by Gasteiger charge is 2.24. The number of nitrogens with zero attached hydrogens (tertiary/aromatic N) is 1. The number of aromatic nitrogens is 1. The van der Waals surface area contributed by atoms with Crippen molar-refractivity contribution >= 4 is 57.3 Å². The molecule has 1 aromatic heterocycles. The molecule has 3 aromatic rings. The zero-order valence-electron chi connectivity index (χ0n) is 12.6.